The third kappa shape index (κ3) is 2.96. The fourth-order valence-corrected chi connectivity index (χ4v) is 1.85. The zero-order valence-electron chi connectivity index (χ0n) is 10.5. The van der Waals surface area contributed by atoms with Crippen molar-refractivity contribution in [1.29, 1.82) is 5.26 Å². The van der Waals surface area contributed by atoms with Crippen LogP contribution in [-0.4, -0.2) is 11.0 Å². The van der Waals surface area contributed by atoms with Crippen LogP contribution < -0.4 is 5.32 Å². The van der Waals surface area contributed by atoms with Crippen molar-refractivity contribution in [3.05, 3.63) is 23.0 Å². The van der Waals surface area contributed by atoms with Crippen LogP contribution in [0.4, 0.5) is 5.69 Å². The molecule has 0 aliphatic heterocycles. The fourth-order valence-electron chi connectivity index (χ4n) is 1.85. The lowest BCUT2D eigenvalue weighted by molar-refractivity contribution is 0.690. The van der Waals surface area contributed by atoms with Crippen LogP contribution in [0.1, 0.15) is 43.6 Å². The molecule has 0 bridgehead atoms. The van der Waals surface area contributed by atoms with Crippen molar-refractivity contribution in [2.75, 3.05) is 5.32 Å². The summed E-state index contributed by atoms with van der Waals surface area (Å²) in [4.78, 5) is 4.30. The third-order valence-corrected chi connectivity index (χ3v) is 2.56. The zero-order chi connectivity index (χ0) is 12.1. The van der Waals surface area contributed by atoms with Crippen molar-refractivity contribution in [2.24, 2.45) is 0 Å². The molecule has 0 saturated carbocycles. The Kier molecular flexibility index (Phi) is 4.30. The van der Waals surface area contributed by atoms with Gasteiger partial charge < -0.3 is 5.32 Å². The maximum atomic E-state index is 9.10. The molecule has 1 atom stereocenters. The van der Waals surface area contributed by atoms with Crippen molar-refractivity contribution in [3.63, 3.8) is 0 Å². The van der Waals surface area contributed by atoms with Gasteiger partial charge in [-0.3, -0.25) is 4.98 Å². The Morgan fingerprint density at radius 1 is 1.50 bits per heavy atom. The number of nitriles is 1. The topological polar surface area (TPSA) is 48.7 Å². The second kappa shape index (κ2) is 5.50. The summed E-state index contributed by atoms with van der Waals surface area (Å²) in [5, 5.41) is 12.5. The molecule has 1 heterocycles. The number of aromatic nitrogens is 1. The van der Waals surface area contributed by atoms with Gasteiger partial charge in [-0.1, -0.05) is 13.3 Å². The molecular weight excluding hydrogens is 198 g/mol. The Labute approximate surface area is 97.5 Å². The van der Waals surface area contributed by atoms with E-state index in [2.05, 4.69) is 30.2 Å². The lowest BCUT2D eigenvalue weighted by atomic mass is 10.1. The number of anilines is 1. The maximum absolute atomic E-state index is 9.10. The highest BCUT2D eigenvalue weighted by atomic mass is 14.9. The van der Waals surface area contributed by atoms with E-state index in [1.54, 1.807) is 0 Å². The number of hydrogen-bond donors (Lipinski definition) is 1. The molecule has 1 rings (SSSR count). The first-order valence-electron chi connectivity index (χ1n) is 5.73. The van der Waals surface area contributed by atoms with E-state index in [1.165, 1.54) is 0 Å². The summed E-state index contributed by atoms with van der Waals surface area (Å²) >= 11 is 0. The average Bonchev–Trinajstić information content (AvgIpc) is 2.17. The molecule has 0 fully saturated rings. The molecule has 0 amide bonds. The molecule has 1 unspecified atom stereocenters. The highest BCUT2D eigenvalue weighted by Gasteiger charge is 2.09. The SMILES string of the molecule is CCCC(C)Nc1cc(C)nc(C)c1C#N. The smallest absolute Gasteiger partial charge is 0.103 e. The van der Waals surface area contributed by atoms with E-state index >= 15 is 0 Å². The second-order valence-corrected chi connectivity index (χ2v) is 4.22. The van der Waals surface area contributed by atoms with E-state index in [4.69, 9.17) is 5.26 Å². The van der Waals surface area contributed by atoms with Crippen LogP contribution in [0.2, 0.25) is 0 Å². The molecule has 16 heavy (non-hydrogen) atoms. The molecule has 0 aliphatic rings. The molecule has 1 N–H and O–H groups in total. The Morgan fingerprint density at radius 3 is 2.75 bits per heavy atom. The van der Waals surface area contributed by atoms with Crippen molar-refractivity contribution >= 4 is 5.69 Å². The maximum Gasteiger partial charge on any atom is 0.103 e. The quantitative estimate of drug-likeness (QED) is 0.842. The van der Waals surface area contributed by atoms with Crippen LogP contribution in [0, 0.1) is 25.2 Å². The summed E-state index contributed by atoms with van der Waals surface area (Å²) < 4.78 is 0. The molecule has 86 valence electrons. The molecule has 1 aromatic rings. The fraction of sp³-hybridized carbons (Fsp3) is 0.538. The molecule has 1 aromatic heterocycles. The molecule has 0 saturated heterocycles. The number of pyridine rings is 1. The number of nitrogens with zero attached hydrogens (tertiary/aromatic N) is 2. The van der Waals surface area contributed by atoms with Crippen LogP contribution in [0.3, 0.4) is 0 Å². The monoisotopic (exact) mass is 217 g/mol. The minimum absolute atomic E-state index is 0.387. The van der Waals surface area contributed by atoms with E-state index in [-0.39, 0.29) is 0 Å². The van der Waals surface area contributed by atoms with Crippen LogP contribution in [0.15, 0.2) is 6.07 Å². The van der Waals surface area contributed by atoms with Gasteiger partial charge in [0.1, 0.15) is 6.07 Å². The van der Waals surface area contributed by atoms with E-state index in [1.807, 2.05) is 19.9 Å². The average molecular weight is 217 g/mol. The first-order chi connectivity index (χ1) is 7.58. The summed E-state index contributed by atoms with van der Waals surface area (Å²) in [6, 6.07) is 4.54. The first kappa shape index (κ1) is 12.5. The first-order valence-corrected chi connectivity index (χ1v) is 5.73. The molecule has 3 heteroatoms. The van der Waals surface area contributed by atoms with Crippen LogP contribution in [-0.2, 0) is 0 Å². The predicted octanol–water partition coefficient (Wildman–Crippen LogP) is 3.17. The second-order valence-electron chi connectivity index (χ2n) is 4.22. The molecule has 0 aromatic carbocycles. The summed E-state index contributed by atoms with van der Waals surface area (Å²) in [6.45, 7) is 8.12. The minimum Gasteiger partial charge on any atom is -0.381 e. The van der Waals surface area contributed by atoms with Crippen molar-refractivity contribution in [2.45, 2.75) is 46.6 Å². The summed E-state index contributed by atoms with van der Waals surface area (Å²) in [5.74, 6) is 0. The summed E-state index contributed by atoms with van der Waals surface area (Å²) in [6.07, 6.45) is 2.24. The van der Waals surface area contributed by atoms with Gasteiger partial charge >= 0.3 is 0 Å². The highest BCUT2D eigenvalue weighted by molar-refractivity contribution is 5.60. The Hall–Kier alpha value is -1.56. The Balaban J connectivity index is 2.99. The van der Waals surface area contributed by atoms with Gasteiger partial charge in [0.2, 0.25) is 0 Å². The number of nitrogens with one attached hydrogen (secondary N) is 1. The van der Waals surface area contributed by atoms with Gasteiger partial charge in [0, 0.05) is 11.7 Å². The van der Waals surface area contributed by atoms with E-state index < -0.39 is 0 Å². The number of rotatable bonds is 4. The van der Waals surface area contributed by atoms with Gasteiger partial charge in [-0.05, 0) is 33.3 Å². The van der Waals surface area contributed by atoms with E-state index in [0.717, 1.165) is 29.9 Å². The summed E-state index contributed by atoms with van der Waals surface area (Å²) in [7, 11) is 0. The lowest BCUT2D eigenvalue weighted by Crippen LogP contribution is -2.16. The van der Waals surface area contributed by atoms with E-state index in [9.17, 15) is 0 Å². The normalized spacial score (nSPS) is 11.9. The summed E-state index contributed by atoms with van der Waals surface area (Å²) in [5.41, 5.74) is 3.32. The molecule has 0 spiro atoms. The zero-order valence-corrected chi connectivity index (χ0v) is 10.5. The van der Waals surface area contributed by atoms with Crippen molar-refractivity contribution in [3.8, 4) is 6.07 Å². The number of aryl methyl sites for hydroxylation is 2. The molecule has 3 nitrogen and oxygen atoms in total. The van der Waals surface area contributed by atoms with Gasteiger partial charge in [-0.15, -0.1) is 0 Å². The predicted molar refractivity (Wildman–Crippen MR) is 66.4 cm³/mol. The van der Waals surface area contributed by atoms with Crippen molar-refractivity contribution < 1.29 is 0 Å². The highest BCUT2D eigenvalue weighted by Crippen LogP contribution is 2.20. The third-order valence-electron chi connectivity index (χ3n) is 2.56. The lowest BCUT2D eigenvalue weighted by Gasteiger charge is -2.16. The van der Waals surface area contributed by atoms with Crippen LogP contribution in [0.25, 0.3) is 0 Å². The van der Waals surface area contributed by atoms with Crippen LogP contribution in [0.5, 0.6) is 0 Å². The van der Waals surface area contributed by atoms with Crippen molar-refractivity contribution in [1.82, 2.24) is 4.98 Å². The van der Waals surface area contributed by atoms with Crippen LogP contribution >= 0.6 is 0 Å². The number of hydrogen-bond acceptors (Lipinski definition) is 3. The Bertz CT molecular complexity index is 404. The standard InChI is InChI=1S/C13H19N3/c1-5-6-9(2)16-13-7-10(3)15-11(4)12(13)8-14/h7,9H,5-6H2,1-4H3,(H,15,16). The molecule has 0 radical (unpaired) electrons. The minimum atomic E-state index is 0.387. The largest absolute Gasteiger partial charge is 0.381 e. The van der Waals surface area contributed by atoms with Gasteiger partial charge in [-0.25, -0.2) is 0 Å². The van der Waals surface area contributed by atoms with Gasteiger partial charge in [0.15, 0.2) is 0 Å². The van der Waals surface area contributed by atoms with Gasteiger partial charge in [-0.2, -0.15) is 5.26 Å². The van der Waals surface area contributed by atoms with Gasteiger partial charge in [0.25, 0.3) is 0 Å². The molecular formula is C13H19N3. The Morgan fingerprint density at radius 2 is 2.19 bits per heavy atom. The molecule has 0 aliphatic carbocycles. The van der Waals surface area contributed by atoms with Gasteiger partial charge in [0.05, 0.1) is 16.9 Å². The van der Waals surface area contributed by atoms with E-state index in [0.29, 0.717) is 11.6 Å².